The number of benzene rings is 2. The van der Waals surface area contributed by atoms with Crippen molar-refractivity contribution in [3.63, 3.8) is 0 Å². The van der Waals surface area contributed by atoms with E-state index in [0.717, 1.165) is 16.4 Å². The molecular weight excluding hydrogens is 397 g/mol. The van der Waals surface area contributed by atoms with Gasteiger partial charge in [0.15, 0.2) is 0 Å². The van der Waals surface area contributed by atoms with E-state index >= 15 is 0 Å². The van der Waals surface area contributed by atoms with Gasteiger partial charge in [-0.05, 0) is 60.7 Å². The maximum atomic E-state index is 13.3. The first-order valence-corrected chi connectivity index (χ1v) is 9.96. The summed E-state index contributed by atoms with van der Waals surface area (Å²) in [6.45, 7) is -0.505. The van der Waals surface area contributed by atoms with E-state index in [4.69, 9.17) is 4.74 Å². The van der Waals surface area contributed by atoms with Crippen LogP contribution >= 0.6 is 0 Å². The number of hydrogen-bond acceptors (Lipinski definition) is 5. The molecule has 0 fully saturated rings. The number of methoxy groups -OCH3 is 1. The Hall–Kier alpha value is -3.46. The van der Waals surface area contributed by atoms with Crippen LogP contribution in [0.1, 0.15) is 0 Å². The van der Waals surface area contributed by atoms with E-state index in [-0.39, 0.29) is 10.6 Å². The van der Waals surface area contributed by atoms with Crippen molar-refractivity contribution in [2.24, 2.45) is 0 Å². The van der Waals surface area contributed by atoms with Crippen LogP contribution in [0.15, 0.2) is 78.0 Å². The number of carbonyl (C=O) groups excluding carboxylic acids is 1. The number of rotatable bonds is 7. The van der Waals surface area contributed by atoms with Gasteiger partial charge >= 0.3 is 0 Å². The number of aromatic nitrogens is 1. The quantitative estimate of drug-likeness (QED) is 0.641. The zero-order valence-corrected chi connectivity index (χ0v) is 16.3. The van der Waals surface area contributed by atoms with Crippen LogP contribution in [0.4, 0.5) is 15.8 Å². The molecule has 29 heavy (non-hydrogen) atoms. The predicted molar refractivity (Wildman–Crippen MR) is 107 cm³/mol. The summed E-state index contributed by atoms with van der Waals surface area (Å²) < 4.78 is 45.7. The van der Waals surface area contributed by atoms with Crippen molar-refractivity contribution in [3.05, 3.63) is 78.9 Å². The fourth-order valence-electron chi connectivity index (χ4n) is 2.56. The van der Waals surface area contributed by atoms with Gasteiger partial charge in [-0.3, -0.25) is 14.1 Å². The van der Waals surface area contributed by atoms with Crippen molar-refractivity contribution in [1.29, 1.82) is 0 Å². The number of nitrogens with one attached hydrogen (secondary N) is 1. The minimum Gasteiger partial charge on any atom is -0.497 e. The Morgan fingerprint density at radius 1 is 1.10 bits per heavy atom. The maximum Gasteiger partial charge on any atom is 0.264 e. The second kappa shape index (κ2) is 8.70. The second-order valence-electron chi connectivity index (χ2n) is 5.95. The van der Waals surface area contributed by atoms with E-state index in [1.54, 1.807) is 18.3 Å². The Labute approximate surface area is 167 Å². The fourth-order valence-corrected chi connectivity index (χ4v) is 3.99. The number of carbonyl (C=O) groups is 1. The Kier molecular flexibility index (Phi) is 6.08. The summed E-state index contributed by atoms with van der Waals surface area (Å²) in [4.78, 5) is 16.4. The van der Waals surface area contributed by atoms with Crippen LogP contribution in [0.25, 0.3) is 0 Å². The molecule has 1 heterocycles. The molecule has 9 heteroatoms. The molecule has 7 nitrogen and oxygen atoms in total. The third kappa shape index (κ3) is 4.88. The van der Waals surface area contributed by atoms with Crippen LogP contribution in [0, 0.1) is 5.82 Å². The number of anilines is 2. The molecule has 0 aliphatic heterocycles. The molecule has 0 saturated heterocycles. The van der Waals surface area contributed by atoms with Gasteiger partial charge in [0.05, 0.1) is 29.6 Å². The van der Waals surface area contributed by atoms with Crippen molar-refractivity contribution in [2.45, 2.75) is 4.90 Å². The molecule has 0 saturated carbocycles. The van der Waals surface area contributed by atoms with Gasteiger partial charge in [0.2, 0.25) is 5.91 Å². The molecule has 1 aromatic heterocycles. The van der Waals surface area contributed by atoms with Gasteiger partial charge in [-0.25, -0.2) is 12.8 Å². The molecule has 0 bridgehead atoms. The highest BCUT2D eigenvalue weighted by atomic mass is 32.2. The molecule has 0 unspecified atom stereocenters. The number of amides is 1. The predicted octanol–water partition coefficient (Wildman–Crippen LogP) is 3.06. The van der Waals surface area contributed by atoms with Crippen LogP contribution < -0.4 is 14.4 Å². The molecular formula is C20H18FN3O4S. The monoisotopic (exact) mass is 415 g/mol. The van der Waals surface area contributed by atoms with E-state index < -0.39 is 28.3 Å². The van der Waals surface area contributed by atoms with Gasteiger partial charge in [-0.2, -0.15) is 0 Å². The lowest BCUT2D eigenvalue weighted by Crippen LogP contribution is -2.38. The molecule has 1 amide bonds. The molecule has 3 rings (SSSR count). The average molecular weight is 415 g/mol. The highest BCUT2D eigenvalue weighted by Gasteiger charge is 2.27. The third-order valence-corrected chi connectivity index (χ3v) is 5.78. The summed E-state index contributed by atoms with van der Waals surface area (Å²) in [6, 6.07) is 13.9. The van der Waals surface area contributed by atoms with Gasteiger partial charge in [-0.1, -0.05) is 0 Å². The number of ether oxygens (including phenoxy) is 1. The normalized spacial score (nSPS) is 11.0. The lowest BCUT2D eigenvalue weighted by atomic mass is 10.3. The summed E-state index contributed by atoms with van der Waals surface area (Å²) >= 11 is 0. The van der Waals surface area contributed by atoms with Crippen molar-refractivity contribution >= 4 is 27.3 Å². The molecule has 1 N–H and O–H groups in total. The lowest BCUT2D eigenvalue weighted by Gasteiger charge is -2.24. The Balaban J connectivity index is 1.93. The van der Waals surface area contributed by atoms with E-state index in [1.165, 1.54) is 49.7 Å². The van der Waals surface area contributed by atoms with Crippen LogP contribution in [0.5, 0.6) is 5.75 Å². The molecule has 0 radical (unpaired) electrons. The molecule has 150 valence electrons. The number of sulfonamides is 1. The standard InChI is InChI=1S/C20H18FN3O4S/c1-28-18-8-10-19(11-9-18)29(26,27)24(17-6-4-15(21)5-7-17)14-20(25)23-16-3-2-12-22-13-16/h2-13H,14H2,1H3,(H,23,25). The summed E-state index contributed by atoms with van der Waals surface area (Å²) in [5.74, 6) is -0.596. The van der Waals surface area contributed by atoms with Crippen molar-refractivity contribution in [2.75, 3.05) is 23.3 Å². The minimum atomic E-state index is -4.10. The van der Waals surface area contributed by atoms with Crippen LogP contribution in [-0.2, 0) is 14.8 Å². The van der Waals surface area contributed by atoms with Gasteiger partial charge in [0.25, 0.3) is 10.0 Å². The van der Waals surface area contributed by atoms with Gasteiger partial charge in [-0.15, -0.1) is 0 Å². The van der Waals surface area contributed by atoms with E-state index in [2.05, 4.69) is 10.3 Å². The van der Waals surface area contributed by atoms with Crippen LogP contribution in [0.3, 0.4) is 0 Å². The zero-order valence-electron chi connectivity index (χ0n) is 15.4. The number of pyridine rings is 1. The first-order valence-electron chi connectivity index (χ1n) is 8.52. The summed E-state index contributed by atoms with van der Waals surface area (Å²) in [6.07, 6.45) is 2.99. The highest BCUT2D eigenvalue weighted by Crippen LogP contribution is 2.25. The van der Waals surface area contributed by atoms with E-state index in [0.29, 0.717) is 11.4 Å². The first kappa shape index (κ1) is 20.3. The topological polar surface area (TPSA) is 88.6 Å². The van der Waals surface area contributed by atoms with Crippen LogP contribution in [0.2, 0.25) is 0 Å². The Morgan fingerprint density at radius 3 is 2.38 bits per heavy atom. The minimum absolute atomic E-state index is 0.0307. The van der Waals surface area contributed by atoms with Crippen molar-refractivity contribution in [1.82, 2.24) is 4.98 Å². The fraction of sp³-hybridized carbons (Fsp3) is 0.100. The zero-order chi connectivity index (χ0) is 20.9. The number of halogens is 1. The number of hydrogen-bond donors (Lipinski definition) is 1. The molecule has 0 atom stereocenters. The molecule has 2 aromatic carbocycles. The third-order valence-electron chi connectivity index (χ3n) is 3.99. The second-order valence-corrected chi connectivity index (χ2v) is 7.82. The molecule has 3 aromatic rings. The van der Waals surface area contributed by atoms with Crippen molar-refractivity contribution in [3.8, 4) is 5.75 Å². The van der Waals surface area contributed by atoms with E-state index in [1.807, 2.05) is 0 Å². The van der Waals surface area contributed by atoms with Gasteiger partial charge in [0, 0.05) is 6.20 Å². The van der Waals surface area contributed by atoms with E-state index in [9.17, 15) is 17.6 Å². The molecule has 0 aliphatic carbocycles. The summed E-state index contributed by atoms with van der Waals surface area (Å²) in [5.41, 5.74) is 0.585. The molecule has 0 aliphatic rings. The first-order chi connectivity index (χ1) is 13.9. The Bertz CT molecular complexity index is 1070. The van der Waals surface area contributed by atoms with Gasteiger partial charge in [0.1, 0.15) is 18.1 Å². The highest BCUT2D eigenvalue weighted by molar-refractivity contribution is 7.92. The summed E-state index contributed by atoms with van der Waals surface area (Å²) in [5, 5.41) is 2.59. The van der Waals surface area contributed by atoms with Gasteiger partial charge < -0.3 is 10.1 Å². The summed E-state index contributed by atoms with van der Waals surface area (Å²) in [7, 11) is -2.63. The van der Waals surface area contributed by atoms with Crippen LogP contribution in [-0.4, -0.2) is 33.0 Å². The SMILES string of the molecule is COc1ccc(S(=O)(=O)N(CC(=O)Nc2cccnc2)c2ccc(F)cc2)cc1. The number of nitrogens with zero attached hydrogens (tertiary/aromatic N) is 2. The molecule has 0 spiro atoms. The average Bonchev–Trinajstić information content (AvgIpc) is 2.73. The lowest BCUT2D eigenvalue weighted by molar-refractivity contribution is -0.114. The maximum absolute atomic E-state index is 13.3. The smallest absolute Gasteiger partial charge is 0.264 e. The Morgan fingerprint density at radius 2 is 1.79 bits per heavy atom. The van der Waals surface area contributed by atoms with Crippen molar-refractivity contribution < 1.29 is 22.3 Å². The largest absolute Gasteiger partial charge is 0.497 e.